The van der Waals surface area contributed by atoms with Crippen molar-refractivity contribution in [2.45, 2.75) is 19.9 Å². The molecule has 1 aromatic carbocycles. The van der Waals surface area contributed by atoms with Gasteiger partial charge in [0.25, 0.3) is 5.91 Å². The highest BCUT2D eigenvalue weighted by molar-refractivity contribution is 6.30. The summed E-state index contributed by atoms with van der Waals surface area (Å²) in [5.74, 6) is 0.380. The molecule has 7 heteroatoms. The number of rotatable bonds is 5. The van der Waals surface area contributed by atoms with Crippen LogP contribution < -0.4 is 5.32 Å². The quantitative estimate of drug-likeness (QED) is 0.771. The maximum Gasteiger partial charge on any atom is 0.295 e. The van der Waals surface area contributed by atoms with Gasteiger partial charge in [0.2, 0.25) is 5.76 Å². The minimum atomic E-state index is -0.372. The Morgan fingerprint density at radius 1 is 1.35 bits per heavy atom. The monoisotopic (exact) mass is 330 g/mol. The Hall–Kier alpha value is -2.60. The van der Waals surface area contributed by atoms with Crippen LogP contribution in [-0.2, 0) is 6.54 Å². The lowest BCUT2D eigenvalue weighted by atomic mass is 10.1. The van der Waals surface area contributed by atoms with Crippen LogP contribution in [0.5, 0.6) is 0 Å². The molecule has 2 aromatic heterocycles. The predicted octanol–water partition coefficient (Wildman–Crippen LogP) is 3.85. The van der Waals surface area contributed by atoms with Gasteiger partial charge in [-0.05, 0) is 18.6 Å². The summed E-state index contributed by atoms with van der Waals surface area (Å²) in [5.41, 5.74) is 1.34. The molecule has 0 spiro atoms. The van der Waals surface area contributed by atoms with Gasteiger partial charge in [0.05, 0.1) is 6.20 Å². The van der Waals surface area contributed by atoms with Crippen molar-refractivity contribution < 1.29 is 9.32 Å². The molecule has 1 amide bonds. The standard InChI is InChI=1S/C16H15ClN4O2/c1-2-8-21-15(6-7-18-21)19-16(22)14-10-13(20-23-14)11-4-3-5-12(17)9-11/h3-7,9-10H,2,8H2,1H3,(H,19,22). The highest BCUT2D eigenvalue weighted by Gasteiger charge is 2.16. The van der Waals surface area contributed by atoms with Crippen molar-refractivity contribution in [2.75, 3.05) is 5.32 Å². The predicted molar refractivity (Wildman–Crippen MR) is 87.4 cm³/mol. The third kappa shape index (κ3) is 3.43. The maximum absolute atomic E-state index is 12.3. The van der Waals surface area contributed by atoms with Crippen LogP contribution in [0.25, 0.3) is 11.3 Å². The topological polar surface area (TPSA) is 73.0 Å². The zero-order valence-corrected chi connectivity index (χ0v) is 13.2. The van der Waals surface area contributed by atoms with Gasteiger partial charge < -0.3 is 9.84 Å². The second-order valence-corrected chi connectivity index (χ2v) is 5.42. The average Bonchev–Trinajstić information content (AvgIpc) is 3.18. The first kappa shape index (κ1) is 15.3. The number of amides is 1. The minimum Gasteiger partial charge on any atom is -0.350 e. The van der Waals surface area contributed by atoms with Crippen LogP contribution in [0.2, 0.25) is 5.02 Å². The van der Waals surface area contributed by atoms with E-state index in [0.29, 0.717) is 16.5 Å². The van der Waals surface area contributed by atoms with Gasteiger partial charge in [-0.15, -0.1) is 0 Å². The molecular weight excluding hydrogens is 316 g/mol. The molecule has 3 rings (SSSR count). The molecule has 0 radical (unpaired) electrons. The SMILES string of the molecule is CCCn1nccc1NC(=O)c1cc(-c2cccc(Cl)c2)no1. The van der Waals surface area contributed by atoms with Gasteiger partial charge in [-0.2, -0.15) is 5.10 Å². The number of carbonyl (C=O) groups excluding carboxylic acids is 1. The van der Waals surface area contributed by atoms with Crippen molar-refractivity contribution in [3.63, 3.8) is 0 Å². The largest absolute Gasteiger partial charge is 0.350 e. The van der Waals surface area contributed by atoms with E-state index in [1.807, 2.05) is 19.1 Å². The van der Waals surface area contributed by atoms with Crippen molar-refractivity contribution in [3.8, 4) is 11.3 Å². The lowest BCUT2D eigenvalue weighted by Crippen LogP contribution is -2.15. The summed E-state index contributed by atoms with van der Waals surface area (Å²) in [6.45, 7) is 2.77. The van der Waals surface area contributed by atoms with Crippen LogP contribution >= 0.6 is 11.6 Å². The Bertz CT molecular complexity index is 825. The van der Waals surface area contributed by atoms with E-state index in [2.05, 4.69) is 15.6 Å². The zero-order valence-electron chi connectivity index (χ0n) is 12.5. The van der Waals surface area contributed by atoms with Gasteiger partial charge in [0.15, 0.2) is 0 Å². The zero-order chi connectivity index (χ0) is 16.2. The molecule has 0 unspecified atom stereocenters. The average molecular weight is 331 g/mol. The van der Waals surface area contributed by atoms with Gasteiger partial charge in [-0.3, -0.25) is 4.79 Å². The molecule has 6 nitrogen and oxygen atoms in total. The molecule has 1 N–H and O–H groups in total. The summed E-state index contributed by atoms with van der Waals surface area (Å²) >= 11 is 5.96. The van der Waals surface area contributed by atoms with Crippen LogP contribution in [0, 0.1) is 0 Å². The molecule has 3 aromatic rings. The lowest BCUT2D eigenvalue weighted by molar-refractivity contribution is 0.0987. The molecule has 0 aliphatic rings. The van der Waals surface area contributed by atoms with Gasteiger partial charge in [0, 0.05) is 29.3 Å². The first-order chi connectivity index (χ1) is 11.2. The number of anilines is 1. The number of nitrogens with one attached hydrogen (secondary N) is 1. The van der Waals surface area contributed by atoms with Crippen LogP contribution in [0.4, 0.5) is 5.82 Å². The van der Waals surface area contributed by atoms with Gasteiger partial charge in [0.1, 0.15) is 11.5 Å². The first-order valence-corrected chi connectivity index (χ1v) is 7.61. The van der Waals surface area contributed by atoms with E-state index in [1.54, 1.807) is 35.1 Å². The van der Waals surface area contributed by atoms with Gasteiger partial charge in [-0.1, -0.05) is 35.8 Å². The second kappa shape index (κ2) is 6.66. The number of hydrogen-bond acceptors (Lipinski definition) is 4. The number of aromatic nitrogens is 3. The molecule has 0 saturated carbocycles. The Morgan fingerprint density at radius 3 is 3.00 bits per heavy atom. The van der Waals surface area contributed by atoms with Crippen LogP contribution in [0.15, 0.2) is 47.1 Å². The van der Waals surface area contributed by atoms with E-state index in [0.717, 1.165) is 18.5 Å². The lowest BCUT2D eigenvalue weighted by Gasteiger charge is -2.05. The van der Waals surface area contributed by atoms with Crippen LogP contribution in [-0.4, -0.2) is 20.8 Å². The van der Waals surface area contributed by atoms with Gasteiger partial charge in [-0.25, -0.2) is 4.68 Å². The van der Waals surface area contributed by atoms with Gasteiger partial charge >= 0.3 is 0 Å². The van der Waals surface area contributed by atoms with Crippen LogP contribution in [0.1, 0.15) is 23.9 Å². The molecule has 0 bridgehead atoms. The van der Waals surface area contributed by atoms with Crippen molar-refractivity contribution >= 4 is 23.3 Å². The molecule has 118 valence electrons. The normalized spacial score (nSPS) is 10.7. The van der Waals surface area contributed by atoms with E-state index in [-0.39, 0.29) is 11.7 Å². The fourth-order valence-electron chi connectivity index (χ4n) is 2.17. The third-order valence-corrected chi connectivity index (χ3v) is 3.48. The van der Waals surface area contributed by atoms with Crippen molar-refractivity contribution in [1.29, 1.82) is 0 Å². The number of hydrogen-bond donors (Lipinski definition) is 1. The van der Waals surface area contributed by atoms with E-state index >= 15 is 0 Å². The number of carbonyl (C=O) groups is 1. The molecule has 0 fully saturated rings. The Kier molecular flexibility index (Phi) is 4.43. The van der Waals surface area contributed by atoms with E-state index in [1.165, 1.54) is 0 Å². The molecule has 0 saturated heterocycles. The van der Waals surface area contributed by atoms with Crippen LogP contribution in [0.3, 0.4) is 0 Å². The smallest absolute Gasteiger partial charge is 0.295 e. The second-order valence-electron chi connectivity index (χ2n) is 4.98. The highest BCUT2D eigenvalue weighted by Crippen LogP contribution is 2.22. The van der Waals surface area contributed by atoms with Crippen molar-refractivity contribution in [1.82, 2.24) is 14.9 Å². The Balaban J connectivity index is 1.77. The van der Waals surface area contributed by atoms with E-state index < -0.39 is 0 Å². The Morgan fingerprint density at radius 2 is 2.22 bits per heavy atom. The van der Waals surface area contributed by atoms with E-state index in [9.17, 15) is 4.79 Å². The number of aryl methyl sites for hydroxylation is 1. The number of benzene rings is 1. The molecule has 0 atom stereocenters. The summed E-state index contributed by atoms with van der Waals surface area (Å²) in [7, 11) is 0. The summed E-state index contributed by atoms with van der Waals surface area (Å²) in [6, 6.07) is 10.5. The maximum atomic E-state index is 12.3. The van der Waals surface area contributed by atoms with Crippen molar-refractivity contribution in [3.05, 3.63) is 53.4 Å². The molecular formula is C16H15ClN4O2. The molecule has 0 aliphatic carbocycles. The Labute approximate surface area is 138 Å². The van der Waals surface area contributed by atoms with E-state index in [4.69, 9.17) is 16.1 Å². The molecule has 2 heterocycles. The summed E-state index contributed by atoms with van der Waals surface area (Å²) in [4.78, 5) is 12.3. The molecule has 0 aliphatic heterocycles. The number of nitrogens with zero attached hydrogens (tertiary/aromatic N) is 3. The first-order valence-electron chi connectivity index (χ1n) is 7.23. The highest BCUT2D eigenvalue weighted by atomic mass is 35.5. The van der Waals surface area contributed by atoms with Crippen molar-refractivity contribution in [2.24, 2.45) is 0 Å². The summed E-state index contributed by atoms with van der Waals surface area (Å²) in [5, 5.41) is 11.4. The minimum absolute atomic E-state index is 0.129. The third-order valence-electron chi connectivity index (χ3n) is 3.25. The fraction of sp³-hybridized carbons (Fsp3) is 0.188. The summed E-state index contributed by atoms with van der Waals surface area (Å²) in [6.07, 6.45) is 2.56. The molecule has 23 heavy (non-hydrogen) atoms. The number of halogens is 1. The fourth-order valence-corrected chi connectivity index (χ4v) is 2.36. The summed E-state index contributed by atoms with van der Waals surface area (Å²) < 4.78 is 6.86.